The predicted molar refractivity (Wildman–Crippen MR) is 356 cm³/mol. The van der Waals surface area contributed by atoms with Crippen LogP contribution in [0.4, 0.5) is 0 Å². The second-order valence-electron chi connectivity index (χ2n) is 22.0. The molecule has 3 aromatic heterocycles. The van der Waals surface area contributed by atoms with E-state index in [1.54, 1.807) is 24.3 Å². The molecule has 0 bridgehead atoms. The Labute approximate surface area is 517 Å². The Balaban J connectivity index is 1.03. The van der Waals surface area contributed by atoms with Gasteiger partial charge >= 0.3 is 0 Å². The van der Waals surface area contributed by atoms with Gasteiger partial charge in [-0.1, -0.05) is 133 Å². The smallest absolute Gasteiger partial charge is 0.164 e. The highest BCUT2D eigenvalue weighted by Crippen LogP contribution is 2.45. The van der Waals surface area contributed by atoms with Gasteiger partial charge in [-0.25, -0.2) is 15.0 Å². The van der Waals surface area contributed by atoms with Crippen molar-refractivity contribution in [1.29, 1.82) is 26.3 Å². The molecule has 0 spiro atoms. The topological polar surface area (TPSA) is 167 Å². The van der Waals surface area contributed by atoms with E-state index in [9.17, 15) is 26.3 Å². The van der Waals surface area contributed by atoms with E-state index in [-0.39, 0.29) is 0 Å². The quantitative estimate of drug-likeness (QED) is 0.130. The average molecular weight is 1150 g/mol. The van der Waals surface area contributed by atoms with E-state index in [1.807, 2.05) is 152 Å². The third kappa shape index (κ3) is 9.50. The first kappa shape index (κ1) is 53.4. The summed E-state index contributed by atoms with van der Waals surface area (Å²) < 4.78 is 4.52. The molecule has 0 saturated carbocycles. The first-order chi connectivity index (χ1) is 44.3. The highest BCUT2D eigenvalue weighted by atomic mass is 15.0. The van der Waals surface area contributed by atoms with Crippen molar-refractivity contribution in [1.82, 2.24) is 24.1 Å². The van der Waals surface area contributed by atoms with Crippen molar-refractivity contribution in [2.24, 2.45) is 0 Å². The van der Waals surface area contributed by atoms with Gasteiger partial charge in [0.05, 0.1) is 85.9 Å². The van der Waals surface area contributed by atoms with Gasteiger partial charge in [0.1, 0.15) is 0 Å². The van der Waals surface area contributed by atoms with Crippen molar-refractivity contribution >= 4 is 43.6 Å². The van der Waals surface area contributed by atoms with Crippen LogP contribution >= 0.6 is 0 Å². The van der Waals surface area contributed by atoms with Gasteiger partial charge in [0, 0.05) is 49.5 Å². The van der Waals surface area contributed by atoms with Crippen molar-refractivity contribution in [3.63, 3.8) is 0 Å². The van der Waals surface area contributed by atoms with E-state index in [1.165, 1.54) is 0 Å². The van der Waals surface area contributed by atoms with Crippen LogP contribution in [0.25, 0.3) is 145 Å². The molecule has 15 aromatic rings. The molecule has 0 amide bonds. The molecule has 0 aliphatic rings. The van der Waals surface area contributed by atoms with Gasteiger partial charge in [-0.15, -0.1) is 0 Å². The monoisotopic (exact) mass is 1140 g/mol. The summed E-state index contributed by atoms with van der Waals surface area (Å²) in [7, 11) is 0. The summed E-state index contributed by atoms with van der Waals surface area (Å²) in [6, 6.07) is 99.7. The number of hydrogen-bond donors (Lipinski definition) is 0. The highest BCUT2D eigenvalue weighted by molar-refractivity contribution is 6.14. The lowest BCUT2D eigenvalue weighted by molar-refractivity contribution is 1.07. The molecular formula is C80H44N10. The normalized spacial score (nSPS) is 11.1. The van der Waals surface area contributed by atoms with Crippen molar-refractivity contribution < 1.29 is 0 Å². The van der Waals surface area contributed by atoms with Gasteiger partial charge < -0.3 is 9.13 Å². The summed E-state index contributed by atoms with van der Waals surface area (Å²) in [6.45, 7) is 0. The van der Waals surface area contributed by atoms with E-state index in [0.717, 1.165) is 122 Å². The summed E-state index contributed by atoms with van der Waals surface area (Å²) in [5, 5.41) is 54.7. The standard InChI is InChI=1S/C80H44N10/c81-45-50-11-7-19-57(35-50)61-24-31-73-69(40-61)70-41-62(58-20-8-12-51(36-58)46-82)25-32-74(70)89(73)65-28-29-66(80-87-78(55-15-3-1-4-16-55)86-79(88-80)56-17-5-2-6-18-56)67(44-65)68-39-54(49-85)23-30-75(68)90-76-33-26-63(59-21-9-13-52(37-59)47-83)42-71(76)72-43-64(27-34-77(72)90)60-22-10-14-53(38-60)48-84/h1-44H. The van der Waals surface area contributed by atoms with Gasteiger partial charge in [0.15, 0.2) is 17.5 Å². The van der Waals surface area contributed by atoms with Crippen molar-refractivity contribution in [2.75, 3.05) is 0 Å². The van der Waals surface area contributed by atoms with Gasteiger partial charge in [0.2, 0.25) is 0 Å². The molecule has 0 atom stereocenters. The number of fused-ring (bicyclic) bond motifs is 6. The Kier molecular flexibility index (Phi) is 13.2. The lowest BCUT2D eigenvalue weighted by Gasteiger charge is -2.19. The summed E-state index contributed by atoms with van der Waals surface area (Å²) >= 11 is 0. The number of nitriles is 5. The third-order valence-corrected chi connectivity index (χ3v) is 16.7. The van der Waals surface area contributed by atoms with Crippen LogP contribution in [0.2, 0.25) is 0 Å². The van der Waals surface area contributed by atoms with Gasteiger partial charge in [-0.2, -0.15) is 26.3 Å². The molecule has 3 heterocycles. The van der Waals surface area contributed by atoms with E-state index < -0.39 is 0 Å². The summed E-state index contributed by atoms with van der Waals surface area (Å²) in [6.07, 6.45) is 0. The van der Waals surface area contributed by atoms with Crippen molar-refractivity contribution in [3.8, 4) is 132 Å². The molecule has 10 heteroatoms. The highest BCUT2D eigenvalue weighted by Gasteiger charge is 2.25. The molecule has 0 aliphatic heterocycles. The Bertz CT molecular complexity index is 5400. The average Bonchev–Trinajstić information content (AvgIpc) is 1.57. The lowest BCUT2D eigenvalue weighted by atomic mass is 9.94. The Hall–Kier alpha value is -13.3. The second kappa shape index (κ2) is 22.3. The zero-order chi connectivity index (χ0) is 60.8. The molecule has 414 valence electrons. The number of rotatable bonds is 10. The summed E-state index contributed by atoms with van der Waals surface area (Å²) in [5.74, 6) is 1.40. The molecule has 10 nitrogen and oxygen atoms in total. The van der Waals surface area contributed by atoms with Crippen LogP contribution < -0.4 is 0 Å². The molecule has 0 unspecified atom stereocenters. The molecular weight excluding hydrogens is 1100 g/mol. The number of nitrogens with zero attached hydrogens (tertiary/aromatic N) is 10. The van der Waals surface area contributed by atoms with Crippen LogP contribution in [-0.4, -0.2) is 24.1 Å². The largest absolute Gasteiger partial charge is 0.309 e. The maximum absolute atomic E-state index is 11.0. The predicted octanol–water partition coefficient (Wildman–Crippen LogP) is 18.8. The zero-order valence-electron chi connectivity index (χ0n) is 47.9. The minimum Gasteiger partial charge on any atom is -0.309 e. The van der Waals surface area contributed by atoms with Crippen LogP contribution in [0.5, 0.6) is 0 Å². The molecule has 90 heavy (non-hydrogen) atoms. The molecule has 0 saturated heterocycles. The summed E-state index contributed by atoms with van der Waals surface area (Å²) in [5.41, 5.74) is 19.0. The van der Waals surface area contributed by atoms with Crippen LogP contribution in [0.1, 0.15) is 27.8 Å². The van der Waals surface area contributed by atoms with Gasteiger partial charge in [0.25, 0.3) is 0 Å². The van der Waals surface area contributed by atoms with Crippen LogP contribution in [0.15, 0.2) is 267 Å². The van der Waals surface area contributed by atoms with Crippen LogP contribution in [0, 0.1) is 56.7 Å². The van der Waals surface area contributed by atoms with Crippen molar-refractivity contribution in [2.45, 2.75) is 0 Å². The molecule has 15 rings (SSSR count). The number of aromatic nitrogens is 5. The van der Waals surface area contributed by atoms with E-state index in [2.05, 4.69) is 130 Å². The molecule has 0 radical (unpaired) electrons. The summed E-state index contributed by atoms with van der Waals surface area (Å²) in [4.78, 5) is 15.8. The first-order valence-electron chi connectivity index (χ1n) is 29.1. The fourth-order valence-corrected chi connectivity index (χ4v) is 12.4. The van der Waals surface area contributed by atoms with Crippen LogP contribution in [-0.2, 0) is 0 Å². The number of benzene rings is 12. The van der Waals surface area contributed by atoms with E-state index in [4.69, 9.17) is 15.0 Å². The minimum atomic E-state index is 0.420. The van der Waals surface area contributed by atoms with Gasteiger partial charge in [-0.05, 0) is 184 Å². The molecule has 0 N–H and O–H groups in total. The SMILES string of the molecule is N#Cc1cccc(-c2ccc3c(c2)c2cc(-c4cccc(C#N)c4)ccc2n3-c2ccc(-c3nc(-c4ccccc4)nc(-c4ccccc4)n3)c(-c3cc(C#N)ccc3-n3c4ccc(-c5cccc(C#N)c5)cc4c4cc(-c5cccc(C#N)c5)ccc43)c2)c1. The fraction of sp³-hybridized carbons (Fsp3) is 0. The number of hydrogen-bond acceptors (Lipinski definition) is 8. The Morgan fingerprint density at radius 2 is 0.578 bits per heavy atom. The van der Waals surface area contributed by atoms with Crippen LogP contribution in [0.3, 0.4) is 0 Å². The fourth-order valence-electron chi connectivity index (χ4n) is 12.4. The van der Waals surface area contributed by atoms with Crippen molar-refractivity contribution in [3.05, 3.63) is 295 Å². The molecule has 0 aliphatic carbocycles. The van der Waals surface area contributed by atoms with Gasteiger partial charge in [-0.3, -0.25) is 0 Å². The molecule has 12 aromatic carbocycles. The third-order valence-electron chi connectivity index (χ3n) is 16.7. The minimum absolute atomic E-state index is 0.420. The lowest BCUT2D eigenvalue weighted by Crippen LogP contribution is -2.04. The second-order valence-corrected chi connectivity index (χ2v) is 22.0. The zero-order valence-corrected chi connectivity index (χ0v) is 47.9. The maximum atomic E-state index is 11.0. The van der Waals surface area contributed by atoms with E-state index in [0.29, 0.717) is 50.9 Å². The Morgan fingerprint density at radius 3 is 0.967 bits per heavy atom. The first-order valence-corrected chi connectivity index (χ1v) is 29.1. The maximum Gasteiger partial charge on any atom is 0.164 e. The molecule has 0 fully saturated rings. The van der Waals surface area contributed by atoms with E-state index >= 15 is 0 Å². The Morgan fingerprint density at radius 1 is 0.233 bits per heavy atom.